The van der Waals surface area contributed by atoms with E-state index in [0.717, 1.165) is 18.4 Å². The lowest BCUT2D eigenvalue weighted by Gasteiger charge is -2.29. The van der Waals surface area contributed by atoms with Gasteiger partial charge in [0.25, 0.3) is 0 Å². The topological polar surface area (TPSA) is 24.4 Å². The Bertz CT molecular complexity index is 234. The van der Waals surface area contributed by atoms with Crippen molar-refractivity contribution in [3.8, 4) is 0 Å². The molecule has 1 atom stereocenters. The Labute approximate surface area is 97.3 Å². The fourth-order valence-corrected chi connectivity index (χ4v) is 3.00. The Morgan fingerprint density at radius 2 is 2.20 bits per heavy atom. The van der Waals surface area contributed by atoms with E-state index in [0.29, 0.717) is 6.04 Å². The molecule has 1 saturated carbocycles. The molecule has 86 valence electrons. The minimum Gasteiger partial charge on any atom is -0.362 e. The van der Waals surface area contributed by atoms with Crippen LogP contribution in [0.15, 0.2) is 4.99 Å². The van der Waals surface area contributed by atoms with Gasteiger partial charge in [-0.2, -0.15) is 0 Å². The van der Waals surface area contributed by atoms with Gasteiger partial charge >= 0.3 is 0 Å². The van der Waals surface area contributed by atoms with Gasteiger partial charge in [-0.25, -0.2) is 0 Å². The van der Waals surface area contributed by atoms with E-state index < -0.39 is 0 Å². The van der Waals surface area contributed by atoms with Crippen molar-refractivity contribution < 1.29 is 0 Å². The molecule has 0 bridgehead atoms. The minimum absolute atomic E-state index is 0.645. The zero-order valence-corrected chi connectivity index (χ0v) is 10.6. The largest absolute Gasteiger partial charge is 0.362 e. The van der Waals surface area contributed by atoms with Crippen molar-refractivity contribution in [2.75, 3.05) is 12.3 Å². The first-order valence-electron chi connectivity index (χ1n) is 6.19. The first kappa shape index (κ1) is 11.3. The van der Waals surface area contributed by atoms with Crippen LogP contribution in [0.2, 0.25) is 0 Å². The first-order valence-corrected chi connectivity index (χ1v) is 7.18. The van der Waals surface area contributed by atoms with E-state index in [1.807, 2.05) is 11.8 Å². The maximum Gasteiger partial charge on any atom is 0.156 e. The Kier molecular flexibility index (Phi) is 3.95. The summed E-state index contributed by atoms with van der Waals surface area (Å²) < 4.78 is 0. The summed E-state index contributed by atoms with van der Waals surface area (Å²) in [6, 6.07) is 0.645. The lowest BCUT2D eigenvalue weighted by molar-refractivity contribution is 0.326. The summed E-state index contributed by atoms with van der Waals surface area (Å²) in [5.74, 6) is 2.85. The number of nitrogens with one attached hydrogen (secondary N) is 1. The Morgan fingerprint density at radius 1 is 1.40 bits per heavy atom. The molecule has 2 rings (SSSR count). The maximum absolute atomic E-state index is 4.71. The van der Waals surface area contributed by atoms with E-state index in [1.54, 1.807) is 0 Å². The lowest BCUT2D eigenvalue weighted by Crippen LogP contribution is -2.41. The van der Waals surface area contributed by atoms with Crippen molar-refractivity contribution in [3.05, 3.63) is 0 Å². The van der Waals surface area contributed by atoms with Crippen LogP contribution in [-0.2, 0) is 0 Å². The Hall–Kier alpha value is -0.180. The van der Waals surface area contributed by atoms with E-state index in [4.69, 9.17) is 4.99 Å². The van der Waals surface area contributed by atoms with E-state index in [2.05, 4.69) is 19.2 Å². The molecule has 2 aliphatic rings. The second-order valence-electron chi connectivity index (χ2n) is 5.07. The van der Waals surface area contributed by atoms with Gasteiger partial charge in [-0.05, 0) is 31.1 Å². The van der Waals surface area contributed by atoms with Gasteiger partial charge in [-0.1, -0.05) is 32.0 Å². The lowest BCUT2D eigenvalue weighted by atomic mass is 9.86. The predicted molar refractivity (Wildman–Crippen MR) is 68.5 cm³/mol. The van der Waals surface area contributed by atoms with Crippen LogP contribution in [-0.4, -0.2) is 23.5 Å². The molecule has 1 unspecified atom stereocenters. The van der Waals surface area contributed by atoms with Gasteiger partial charge in [0.15, 0.2) is 5.17 Å². The summed E-state index contributed by atoms with van der Waals surface area (Å²) in [5, 5.41) is 4.77. The molecule has 0 spiro atoms. The SMILES string of the molecule is CC(C)C1CCSC(=NCC2CCC2)N1. The standard InChI is InChI=1S/C12H22N2S/c1-9(2)11-6-7-15-12(14-11)13-8-10-4-3-5-10/h9-11H,3-8H2,1-2H3,(H,13,14). The summed E-state index contributed by atoms with van der Waals surface area (Å²) in [4.78, 5) is 4.71. The predicted octanol–water partition coefficient (Wildman–Crippen LogP) is 2.89. The number of thioether (sulfide) groups is 1. The third kappa shape index (κ3) is 3.13. The van der Waals surface area contributed by atoms with Gasteiger partial charge in [0.05, 0.1) is 0 Å². The molecular formula is C12H22N2S. The fourth-order valence-electron chi connectivity index (χ4n) is 2.03. The monoisotopic (exact) mass is 226 g/mol. The summed E-state index contributed by atoms with van der Waals surface area (Å²) in [6.07, 6.45) is 5.50. The second kappa shape index (κ2) is 5.24. The molecule has 2 nitrogen and oxygen atoms in total. The molecule has 1 heterocycles. The third-order valence-corrected chi connectivity index (χ3v) is 4.46. The molecule has 1 saturated heterocycles. The first-order chi connectivity index (χ1) is 7.25. The molecule has 0 amide bonds. The third-order valence-electron chi connectivity index (χ3n) is 3.50. The number of nitrogens with zero attached hydrogens (tertiary/aromatic N) is 1. The number of aliphatic imine (C=N–C) groups is 1. The average Bonchev–Trinajstić information content (AvgIpc) is 2.16. The normalized spacial score (nSPS) is 30.3. The van der Waals surface area contributed by atoms with Gasteiger partial charge < -0.3 is 5.32 Å². The van der Waals surface area contributed by atoms with Crippen molar-refractivity contribution in [2.24, 2.45) is 16.8 Å². The molecule has 1 N–H and O–H groups in total. The van der Waals surface area contributed by atoms with E-state index in [-0.39, 0.29) is 0 Å². The second-order valence-corrected chi connectivity index (χ2v) is 6.16. The molecule has 0 aromatic heterocycles. The highest BCUT2D eigenvalue weighted by Crippen LogP contribution is 2.27. The molecule has 15 heavy (non-hydrogen) atoms. The fraction of sp³-hybridized carbons (Fsp3) is 0.917. The van der Waals surface area contributed by atoms with Gasteiger partial charge in [0.1, 0.15) is 0 Å². The van der Waals surface area contributed by atoms with Gasteiger partial charge in [0.2, 0.25) is 0 Å². The highest BCUT2D eigenvalue weighted by Gasteiger charge is 2.21. The van der Waals surface area contributed by atoms with E-state index >= 15 is 0 Å². The van der Waals surface area contributed by atoms with Crippen LogP contribution in [0.3, 0.4) is 0 Å². The van der Waals surface area contributed by atoms with Crippen molar-refractivity contribution in [3.63, 3.8) is 0 Å². The smallest absolute Gasteiger partial charge is 0.156 e. The molecule has 0 aromatic rings. The van der Waals surface area contributed by atoms with Crippen LogP contribution in [0, 0.1) is 11.8 Å². The summed E-state index contributed by atoms with van der Waals surface area (Å²) in [6.45, 7) is 5.63. The zero-order chi connectivity index (χ0) is 10.7. The molecule has 3 heteroatoms. The average molecular weight is 226 g/mol. The molecular weight excluding hydrogens is 204 g/mol. The van der Waals surface area contributed by atoms with Crippen LogP contribution in [0.25, 0.3) is 0 Å². The highest BCUT2D eigenvalue weighted by atomic mass is 32.2. The number of hydrogen-bond acceptors (Lipinski definition) is 2. The highest BCUT2D eigenvalue weighted by molar-refractivity contribution is 8.13. The molecule has 1 aliphatic carbocycles. The van der Waals surface area contributed by atoms with Crippen molar-refractivity contribution in [2.45, 2.75) is 45.6 Å². The molecule has 0 aromatic carbocycles. The number of rotatable bonds is 3. The molecule has 1 aliphatic heterocycles. The summed E-state index contributed by atoms with van der Waals surface area (Å²) in [5.41, 5.74) is 0. The zero-order valence-electron chi connectivity index (χ0n) is 9.83. The van der Waals surface area contributed by atoms with Crippen LogP contribution < -0.4 is 5.32 Å². The van der Waals surface area contributed by atoms with Crippen LogP contribution in [0.5, 0.6) is 0 Å². The van der Waals surface area contributed by atoms with E-state index in [9.17, 15) is 0 Å². The minimum atomic E-state index is 0.645. The van der Waals surface area contributed by atoms with Crippen LogP contribution >= 0.6 is 11.8 Å². The van der Waals surface area contributed by atoms with Crippen LogP contribution in [0.1, 0.15) is 39.5 Å². The van der Waals surface area contributed by atoms with Gasteiger partial charge in [0, 0.05) is 18.3 Å². The van der Waals surface area contributed by atoms with Crippen molar-refractivity contribution in [1.29, 1.82) is 0 Å². The summed E-state index contributed by atoms with van der Waals surface area (Å²) in [7, 11) is 0. The molecule has 2 fully saturated rings. The Morgan fingerprint density at radius 3 is 2.80 bits per heavy atom. The molecule has 0 radical (unpaired) electrons. The number of hydrogen-bond donors (Lipinski definition) is 1. The Balaban J connectivity index is 1.80. The summed E-state index contributed by atoms with van der Waals surface area (Å²) >= 11 is 1.90. The number of amidine groups is 1. The maximum atomic E-state index is 4.71. The van der Waals surface area contributed by atoms with Gasteiger partial charge in [-0.3, -0.25) is 4.99 Å². The van der Waals surface area contributed by atoms with Crippen LogP contribution in [0.4, 0.5) is 0 Å². The van der Waals surface area contributed by atoms with Gasteiger partial charge in [-0.15, -0.1) is 0 Å². The quantitative estimate of drug-likeness (QED) is 0.800. The van der Waals surface area contributed by atoms with E-state index in [1.165, 1.54) is 36.6 Å². The van der Waals surface area contributed by atoms with Crippen molar-refractivity contribution >= 4 is 16.9 Å². The van der Waals surface area contributed by atoms with Crippen molar-refractivity contribution in [1.82, 2.24) is 5.32 Å².